The van der Waals surface area contributed by atoms with Gasteiger partial charge in [0.2, 0.25) is 0 Å². The van der Waals surface area contributed by atoms with E-state index in [0.29, 0.717) is 6.61 Å². The van der Waals surface area contributed by atoms with Gasteiger partial charge < -0.3 is 14.8 Å². The van der Waals surface area contributed by atoms with E-state index in [4.69, 9.17) is 9.47 Å². The third-order valence-electron chi connectivity index (χ3n) is 2.94. The molecule has 0 saturated heterocycles. The standard InChI is InChI=1S/C16H25NO3/c1-4-10-17-15(16(18)19-6-3)12-20-14-9-7-8-13(5-2)11-14/h7-9,11,15,17H,4-6,10,12H2,1-3H3. The zero-order valence-corrected chi connectivity index (χ0v) is 12.6. The van der Waals surface area contributed by atoms with Gasteiger partial charge in [0.15, 0.2) is 0 Å². The summed E-state index contributed by atoms with van der Waals surface area (Å²) >= 11 is 0. The molecule has 1 N–H and O–H groups in total. The molecule has 1 rings (SSSR count). The van der Waals surface area contributed by atoms with E-state index >= 15 is 0 Å². The number of rotatable bonds is 9. The molecule has 1 aromatic rings. The fraction of sp³-hybridized carbons (Fsp3) is 0.562. The van der Waals surface area contributed by atoms with Gasteiger partial charge in [-0.2, -0.15) is 0 Å². The van der Waals surface area contributed by atoms with Gasteiger partial charge in [0.1, 0.15) is 18.4 Å². The number of nitrogens with one attached hydrogen (secondary N) is 1. The molecule has 0 saturated carbocycles. The van der Waals surface area contributed by atoms with Gasteiger partial charge in [-0.25, -0.2) is 0 Å². The van der Waals surface area contributed by atoms with Crippen molar-refractivity contribution >= 4 is 5.97 Å². The first-order chi connectivity index (χ1) is 9.71. The van der Waals surface area contributed by atoms with Crippen LogP contribution in [0.4, 0.5) is 0 Å². The summed E-state index contributed by atoms with van der Waals surface area (Å²) in [5.41, 5.74) is 1.22. The van der Waals surface area contributed by atoms with Gasteiger partial charge in [-0.3, -0.25) is 4.79 Å². The maximum atomic E-state index is 11.8. The van der Waals surface area contributed by atoms with Crippen LogP contribution < -0.4 is 10.1 Å². The second-order valence-electron chi connectivity index (χ2n) is 4.57. The Balaban J connectivity index is 2.57. The van der Waals surface area contributed by atoms with Crippen molar-refractivity contribution in [2.75, 3.05) is 19.8 Å². The minimum atomic E-state index is -0.416. The summed E-state index contributed by atoms with van der Waals surface area (Å²) in [6, 6.07) is 7.52. The fourth-order valence-corrected chi connectivity index (χ4v) is 1.81. The maximum absolute atomic E-state index is 11.8. The molecule has 0 bridgehead atoms. The summed E-state index contributed by atoms with van der Waals surface area (Å²) < 4.78 is 10.8. The van der Waals surface area contributed by atoms with Crippen molar-refractivity contribution in [3.8, 4) is 5.75 Å². The summed E-state index contributed by atoms with van der Waals surface area (Å²) in [4.78, 5) is 11.8. The summed E-state index contributed by atoms with van der Waals surface area (Å²) in [6.07, 6.45) is 1.92. The van der Waals surface area contributed by atoms with Crippen molar-refractivity contribution in [1.82, 2.24) is 5.32 Å². The Morgan fingerprint density at radius 3 is 2.75 bits per heavy atom. The molecule has 112 valence electrons. The number of ether oxygens (including phenoxy) is 2. The molecule has 0 aliphatic heterocycles. The van der Waals surface area contributed by atoms with Gasteiger partial charge in [-0.05, 0) is 44.0 Å². The highest BCUT2D eigenvalue weighted by molar-refractivity contribution is 5.76. The van der Waals surface area contributed by atoms with E-state index in [1.807, 2.05) is 18.2 Å². The molecule has 0 fully saturated rings. The van der Waals surface area contributed by atoms with Crippen molar-refractivity contribution in [2.45, 2.75) is 39.7 Å². The Morgan fingerprint density at radius 1 is 1.30 bits per heavy atom. The molecule has 1 aromatic carbocycles. The van der Waals surface area contributed by atoms with Gasteiger partial charge in [-0.1, -0.05) is 26.0 Å². The number of aryl methyl sites for hydroxylation is 1. The highest BCUT2D eigenvalue weighted by Crippen LogP contribution is 2.14. The number of benzene rings is 1. The fourth-order valence-electron chi connectivity index (χ4n) is 1.81. The van der Waals surface area contributed by atoms with Gasteiger partial charge in [0, 0.05) is 0 Å². The van der Waals surface area contributed by atoms with Crippen LogP contribution in [0, 0.1) is 0 Å². The van der Waals surface area contributed by atoms with E-state index in [-0.39, 0.29) is 12.6 Å². The first kappa shape index (κ1) is 16.5. The Hall–Kier alpha value is -1.55. The number of esters is 1. The second kappa shape index (κ2) is 9.37. The molecular formula is C16H25NO3. The van der Waals surface area contributed by atoms with E-state index in [9.17, 15) is 4.79 Å². The zero-order valence-electron chi connectivity index (χ0n) is 12.6. The topological polar surface area (TPSA) is 47.6 Å². The van der Waals surface area contributed by atoms with Crippen LogP contribution in [0.1, 0.15) is 32.8 Å². The van der Waals surface area contributed by atoms with Crippen LogP contribution >= 0.6 is 0 Å². The first-order valence-electron chi connectivity index (χ1n) is 7.33. The predicted octanol–water partition coefficient (Wildman–Crippen LogP) is 2.56. The summed E-state index contributed by atoms with van der Waals surface area (Å²) in [6.45, 7) is 7.40. The number of carbonyl (C=O) groups is 1. The average molecular weight is 279 g/mol. The van der Waals surface area contributed by atoms with E-state index < -0.39 is 6.04 Å². The van der Waals surface area contributed by atoms with Crippen LogP contribution in [0.5, 0.6) is 5.75 Å². The van der Waals surface area contributed by atoms with Crippen molar-refractivity contribution in [3.05, 3.63) is 29.8 Å². The highest BCUT2D eigenvalue weighted by Gasteiger charge is 2.19. The second-order valence-corrected chi connectivity index (χ2v) is 4.57. The number of hydrogen-bond acceptors (Lipinski definition) is 4. The van der Waals surface area contributed by atoms with Crippen LogP contribution in [0.15, 0.2) is 24.3 Å². The molecular weight excluding hydrogens is 254 g/mol. The molecule has 0 aliphatic rings. The van der Waals surface area contributed by atoms with Gasteiger partial charge in [-0.15, -0.1) is 0 Å². The minimum absolute atomic E-state index is 0.257. The van der Waals surface area contributed by atoms with Gasteiger partial charge >= 0.3 is 5.97 Å². The molecule has 0 spiro atoms. The SMILES string of the molecule is CCCNC(COc1cccc(CC)c1)C(=O)OCC. The first-order valence-corrected chi connectivity index (χ1v) is 7.33. The van der Waals surface area contributed by atoms with E-state index in [2.05, 4.69) is 25.2 Å². The van der Waals surface area contributed by atoms with E-state index in [0.717, 1.165) is 25.1 Å². The quantitative estimate of drug-likeness (QED) is 0.706. The predicted molar refractivity (Wildman–Crippen MR) is 80.0 cm³/mol. The third-order valence-corrected chi connectivity index (χ3v) is 2.94. The average Bonchev–Trinajstić information content (AvgIpc) is 2.47. The Bertz CT molecular complexity index is 406. The molecule has 1 atom stereocenters. The van der Waals surface area contributed by atoms with Crippen molar-refractivity contribution in [1.29, 1.82) is 0 Å². The molecule has 1 unspecified atom stereocenters. The molecule has 20 heavy (non-hydrogen) atoms. The summed E-state index contributed by atoms with van der Waals surface area (Å²) in [7, 11) is 0. The van der Waals surface area contributed by atoms with E-state index in [1.54, 1.807) is 6.92 Å². The Morgan fingerprint density at radius 2 is 2.10 bits per heavy atom. The van der Waals surface area contributed by atoms with Crippen LogP contribution in [-0.4, -0.2) is 31.8 Å². The number of carbonyl (C=O) groups excluding carboxylic acids is 1. The lowest BCUT2D eigenvalue weighted by atomic mass is 10.2. The lowest BCUT2D eigenvalue weighted by Crippen LogP contribution is -2.43. The van der Waals surface area contributed by atoms with Crippen LogP contribution in [-0.2, 0) is 16.0 Å². The molecule has 4 heteroatoms. The third kappa shape index (κ3) is 5.61. The molecule has 4 nitrogen and oxygen atoms in total. The molecule has 0 radical (unpaired) electrons. The molecule has 0 amide bonds. The van der Waals surface area contributed by atoms with Crippen LogP contribution in [0.3, 0.4) is 0 Å². The normalized spacial score (nSPS) is 11.9. The monoisotopic (exact) mass is 279 g/mol. The zero-order chi connectivity index (χ0) is 14.8. The Kier molecular flexibility index (Phi) is 7.73. The smallest absolute Gasteiger partial charge is 0.326 e. The minimum Gasteiger partial charge on any atom is -0.491 e. The van der Waals surface area contributed by atoms with Gasteiger partial charge in [0.05, 0.1) is 6.61 Å². The number of hydrogen-bond donors (Lipinski definition) is 1. The molecule has 0 aromatic heterocycles. The lowest BCUT2D eigenvalue weighted by molar-refractivity contribution is -0.146. The van der Waals surface area contributed by atoms with E-state index in [1.165, 1.54) is 5.56 Å². The largest absolute Gasteiger partial charge is 0.491 e. The molecule has 0 heterocycles. The summed E-state index contributed by atoms with van der Waals surface area (Å²) in [5.74, 6) is 0.532. The Labute approximate surface area is 121 Å². The van der Waals surface area contributed by atoms with Crippen molar-refractivity contribution < 1.29 is 14.3 Å². The van der Waals surface area contributed by atoms with Crippen LogP contribution in [0.2, 0.25) is 0 Å². The van der Waals surface area contributed by atoms with Gasteiger partial charge in [0.25, 0.3) is 0 Å². The van der Waals surface area contributed by atoms with Crippen molar-refractivity contribution in [2.24, 2.45) is 0 Å². The summed E-state index contributed by atoms with van der Waals surface area (Å²) in [5, 5.41) is 3.15. The lowest BCUT2D eigenvalue weighted by Gasteiger charge is -2.17. The van der Waals surface area contributed by atoms with Crippen molar-refractivity contribution in [3.63, 3.8) is 0 Å². The maximum Gasteiger partial charge on any atom is 0.326 e. The highest BCUT2D eigenvalue weighted by atomic mass is 16.5. The van der Waals surface area contributed by atoms with Crippen LogP contribution in [0.25, 0.3) is 0 Å². The molecule has 0 aliphatic carbocycles.